The zero-order valence-corrected chi connectivity index (χ0v) is 17.4. The Bertz CT molecular complexity index is 660. The third-order valence-electron chi connectivity index (χ3n) is 6.73. The molecule has 0 aromatic carbocycles. The summed E-state index contributed by atoms with van der Waals surface area (Å²) in [6, 6.07) is 2.15. The number of carbonyl (C=O) groups is 1. The van der Waals surface area contributed by atoms with Gasteiger partial charge in [-0.25, -0.2) is 9.97 Å². The van der Waals surface area contributed by atoms with Gasteiger partial charge in [0, 0.05) is 51.8 Å². The zero-order valence-electron chi connectivity index (χ0n) is 17.4. The largest absolute Gasteiger partial charge is 0.356 e. The van der Waals surface area contributed by atoms with Crippen molar-refractivity contribution in [3.8, 4) is 0 Å². The van der Waals surface area contributed by atoms with Gasteiger partial charge in [0.25, 0.3) is 0 Å². The summed E-state index contributed by atoms with van der Waals surface area (Å²) in [5, 5.41) is 0. The summed E-state index contributed by atoms with van der Waals surface area (Å²) in [6.07, 6.45) is 11.1. The van der Waals surface area contributed by atoms with Gasteiger partial charge in [0.2, 0.25) is 5.91 Å². The van der Waals surface area contributed by atoms with Gasteiger partial charge in [0.15, 0.2) is 0 Å². The van der Waals surface area contributed by atoms with Crippen LogP contribution < -0.4 is 9.80 Å². The van der Waals surface area contributed by atoms with Crippen molar-refractivity contribution < 1.29 is 4.79 Å². The minimum absolute atomic E-state index is 0.361. The van der Waals surface area contributed by atoms with E-state index < -0.39 is 0 Å². The van der Waals surface area contributed by atoms with Crippen LogP contribution in [-0.2, 0) is 4.79 Å². The third-order valence-corrected chi connectivity index (χ3v) is 6.73. The number of hydrogen-bond acceptors (Lipinski definition) is 5. The van der Waals surface area contributed by atoms with E-state index in [2.05, 4.69) is 37.7 Å². The highest BCUT2D eigenvalue weighted by atomic mass is 16.2. The molecule has 1 amide bonds. The fourth-order valence-corrected chi connectivity index (χ4v) is 5.07. The van der Waals surface area contributed by atoms with E-state index in [0.717, 1.165) is 69.7 Å². The molecule has 4 rings (SSSR count). The molecule has 1 saturated carbocycles. The van der Waals surface area contributed by atoms with Gasteiger partial charge >= 0.3 is 0 Å². The molecule has 0 spiro atoms. The molecule has 1 aliphatic carbocycles. The van der Waals surface area contributed by atoms with Crippen molar-refractivity contribution in [2.45, 2.75) is 58.3 Å². The van der Waals surface area contributed by atoms with Crippen molar-refractivity contribution in [1.82, 2.24) is 14.9 Å². The molecule has 0 N–H and O–H groups in total. The monoisotopic (exact) mass is 385 g/mol. The number of hydrogen-bond donors (Lipinski definition) is 0. The van der Waals surface area contributed by atoms with E-state index in [1.165, 1.54) is 38.5 Å². The Morgan fingerprint density at radius 2 is 1.68 bits per heavy atom. The maximum Gasteiger partial charge on any atom is 0.222 e. The minimum Gasteiger partial charge on any atom is -0.356 e. The van der Waals surface area contributed by atoms with Crippen LogP contribution >= 0.6 is 0 Å². The van der Waals surface area contributed by atoms with E-state index in [-0.39, 0.29) is 0 Å². The molecule has 2 saturated heterocycles. The van der Waals surface area contributed by atoms with Crippen LogP contribution in [0, 0.1) is 11.8 Å². The molecule has 1 aromatic heterocycles. The first-order valence-corrected chi connectivity index (χ1v) is 11.3. The van der Waals surface area contributed by atoms with Crippen molar-refractivity contribution in [3.63, 3.8) is 0 Å². The Balaban J connectivity index is 1.36. The lowest BCUT2D eigenvalue weighted by atomic mass is 10.0. The second-order valence-corrected chi connectivity index (χ2v) is 9.00. The summed E-state index contributed by atoms with van der Waals surface area (Å²) in [7, 11) is 0. The summed E-state index contributed by atoms with van der Waals surface area (Å²) in [5.41, 5.74) is 0. The van der Waals surface area contributed by atoms with Gasteiger partial charge < -0.3 is 14.7 Å². The molecular weight excluding hydrogens is 350 g/mol. The second-order valence-electron chi connectivity index (χ2n) is 9.00. The molecule has 0 radical (unpaired) electrons. The number of carbonyl (C=O) groups excluding carboxylic acids is 1. The highest BCUT2D eigenvalue weighted by Gasteiger charge is 2.25. The molecule has 2 aliphatic heterocycles. The van der Waals surface area contributed by atoms with Crippen molar-refractivity contribution in [2.75, 3.05) is 49.1 Å². The van der Waals surface area contributed by atoms with E-state index in [9.17, 15) is 4.79 Å². The second kappa shape index (κ2) is 9.10. The van der Waals surface area contributed by atoms with Crippen LogP contribution in [0.2, 0.25) is 0 Å². The molecule has 3 aliphatic rings. The quantitative estimate of drug-likeness (QED) is 0.796. The SMILES string of the molecule is CC1CCCN(c2cc(N3CCCN(C(=O)CC4CCCC4)CC3)ncn2)C1. The number of rotatable bonds is 4. The lowest BCUT2D eigenvalue weighted by Crippen LogP contribution is -2.36. The molecule has 154 valence electrons. The van der Waals surface area contributed by atoms with Gasteiger partial charge in [-0.1, -0.05) is 19.8 Å². The first-order chi connectivity index (χ1) is 13.7. The van der Waals surface area contributed by atoms with E-state index in [0.29, 0.717) is 11.8 Å². The molecule has 3 heterocycles. The molecule has 1 unspecified atom stereocenters. The lowest BCUT2D eigenvalue weighted by molar-refractivity contribution is -0.131. The summed E-state index contributed by atoms with van der Waals surface area (Å²) in [6.45, 7) is 8.00. The number of anilines is 2. The molecule has 28 heavy (non-hydrogen) atoms. The Kier molecular flexibility index (Phi) is 6.33. The molecule has 0 bridgehead atoms. The molecule has 1 atom stereocenters. The van der Waals surface area contributed by atoms with Crippen LogP contribution in [0.4, 0.5) is 11.6 Å². The number of aromatic nitrogens is 2. The fraction of sp³-hybridized carbons (Fsp3) is 0.773. The predicted molar refractivity (Wildman–Crippen MR) is 113 cm³/mol. The van der Waals surface area contributed by atoms with Crippen LogP contribution in [0.25, 0.3) is 0 Å². The maximum absolute atomic E-state index is 12.7. The standard InChI is InChI=1S/C22H35N5O/c1-18-6-4-9-27(16-18)21-15-20(23-17-24-21)25-10-5-11-26(13-12-25)22(28)14-19-7-2-3-8-19/h15,17-19H,2-14,16H2,1H3. The first kappa shape index (κ1) is 19.5. The van der Waals surface area contributed by atoms with Crippen LogP contribution in [0.1, 0.15) is 58.3 Å². The molecule has 3 fully saturated rings. The average Bonchev–Trinajstić information content (AvgIpc) is 3.09. The van der Waals surface area contributed by atoms with E-state index >= 15 is 0 Å². The minimum atomic E-state index is 0.361. The first-order valence-electron chi connectivity index (χ1n) is 11.3. The van der Waals surface area contributed by atoms with Gasteiger partial charge in [0.1, 0.15) is 18.0 Å². The topological polar surface area (TPSA) is 52.6 Å². The summed E-state index contributed by atoms with van der Waals surface area (Å²) in [4.78, 5) is 28.6. The number of nitrogens with zero attached hydrogens (tertiary/aromatic N) is 5. The van der Waals surface area contributed by atoms with Crippen LogP contribution in [-0.4, -0.2) is 60.0 Å². The third kappa shape index (κ3) is 4.76. The van der Waals surface area contributed by atoms with E-state index in [1.54, 1.807) is 6.33 Å². The normalized spacial score (nSPS) is 24.5. The zero-order chi connectivity index (χ0) is 19.3. The lowest BCUT2D eigenvalue weighted by Gasteiger charge is -2.32. The number of piperidine rings is 1. The van der Waals surface area contributed by atoms with Gasteiger partial charge in [-0.15, -0.1) is 0 Å². The van der Waals surface area contributed by atoms with Gasteiger partial charge in [0.05, 0.1) is 0 Å². The summed E-state index contributed by atoms with van der Waals surface area (Å²) < 4.78 is 0. The average molecular weight is 386 g/mol. The van der Waals surface area contributed by atoms with Crippen molar-refractivity contribution >= 4 is 17.5 Å². The molecular formula is C22H35N5O. The van der Waals surface area contributed by atoms with Crippen molar-refractivity contribution in [3.05, 3.63) is 12.4 Å². The van der Waals surface area contributed by atoms with Gasteiger partial charge in [-0.2, -0.15) is 0 Å². The summed E-state index contributed by atoms with van der Waals surface area (Å²) in [5.74, 6) is 3.77. The molecule has 1 aromatic rings. The van der Waals surface area contributed by atoms with Gasteiger partial charge in [-0.05, 0) is 43.9 Å². The molecule has 6 nitrogen and oxygen atoms in total. The van der Waals surface area contributed by atoms with Crippen LogP contribution in [0.3, 0.4) is 0 Å². The van der Waals surface area contributed by atoms with Gasteiger partial charge in [-0.3, -0.25) is 4.79 Å². The summed E-state index contributed by atoms with van der Waals surface area (Å²) >= 11 is 0. The fourth-order valence-electron chi connectivity index (χ4n) is 5.07. The Morgan fingerprint density at radius 1 is 0.929 bits per heavy atom. The Morgan fingerprint density at radius 3 is 2.46 bits per heavy atom. The van der Waals surface area contributed by atoms with E-state index in [4.69, 9.17) is 0 Å². The number of amides is 1. The smallest absolute Gasteiger partial charge is 0.222 e. The Labute approximate surface area is 169 Å². The Hall–Kier alpha value is -1.85. The highest BCUT2D eigenvalue weighted by Crippen LogP contribution is 2.28. The van der Waals surface area contributed by atoms with E-state index in [1.807, 2.05) is 0 Å². The highest BCUT2D eigenvalue weighted by molar-refractivity contribution is 5.76. The molecule has 6 heteroatoms. The van der Waals surface area contributed by atoms with Crippen molar-refractivity contribution in [1.29, 1.82) is 0 Å². The predicted octanol–water partition coefficient (Wildman–Crippen LogP) is 3.33. The maximum atomic E-state index is 12.7. The van der Waals surface area contributed by atoms with Crippen molar-refractivity contribution in [2.24, 2.45) is 11.8 Å². The van der Waals surface area contributed by atoms with Crippen LogP contribution in [0.15, 0.2) is 12.4 Å². The van der Waals surface area contributed by atoms with Crippen LogP contribution in [0.5, 0.6) is 0 Å².